The molecule has 0 bridgehead atoms. The Labute approximate surface area is 233 Å². The van der Waals surface area contributed by atoms with Crippen LogP contribution in [-0.2, 0) is 17.2 Å². The van der Waals surface area contributed by atoms with Crippen LogP contribution in [0.15, 0.2) is 83.6 Å². The molecule has 2 heterocycles. The van der Waals surface area contributed by atoms with E-state index in [2.05, 4.69) is 50.2 Å². The Hall–Kier alpha value is -2.69. The van der Waals surface area contributed by atoms with Crippen LogP contribution in [0.4, 0.5) is 0 Å². The Morgan fingerprint density at radius 1 is 0.676 bits per heavy atom. The summed E-state index contributed by atoms with van der Waals surface area (Å²) in [6.45, 7) is 4.12. The lowest BCUT2D eigenvalue weighted by molar-refractivity contribution is -0.141. The van der Waals surface area contributed by atoms with Crippen molar-refractivity contribution in [1.82, 2.24) is 0 Å². The van der Waals surface area contributed by atoms with Gasteiger partial charge in [-0.15, -0.1) is 22.7 Å². The molecule has 7 heteroatoms. The molecule has 2 aromatic carbocycles. The largest absolute Gasteiger partial charge is 0.885 e. The molecule has 0 aliphatic rings. The molecule has 4 nitrogen and oxygen atoms in total. The van der Waals surface area contributed by atoms with Crippen molar-refractivity contribution in [3.05, 3.63) is 93.3 Å². The molecular formula is C30H30AlO4S2. The molecule has 4 rings (SSSR count). The first-order valence-corrected chi connectivity index (χ1v) is 15.3. The van der Waals surface area contributed by atoms with Crippen LogP contribution in [0.1, 0.15) is 61.1 Å². The molecule has 2 aromatic heterocycles. The van der Waals surface area contributed by atoms with Gasteiger partial charge in [-0.1, -0.05) is 87.4 Å². The van der Waals surface area contributed by atoms with Crippen LogP contribution in [0.2, 0.25) is 0 Å². The molecule has 0 spiro atoms. The third-order valence-corrected chi connectivity index (χ3v) is 8.96. The fraction of sp³-hybridized carbons (Fsp3) is 0.267. The second kappa shape index (κ2) is 13.7. The molecule has 189 valence electrons. The minimum atomic E-state index is -1.24. The van der Waals surface area contributed by atoms with Gasteiger partial charge in [0, 0.05) is 9.75 Å². The normalized spacial score (nSPS) is 12.5. The van der Waals surface area contributed by atoms with Gasteiger partial charge >= 0.3 is 15.9 Å². The third-order valence-electron chi connectivity index (χ3n) is 6.25. The van der Waals surface area contributed by atoms with Crippen molar-refractivity contribution in [1.29, 1.82) is 0 Å². The van der Waals surface area contributed by atoms with Crippen molar-refractivity contribution in [3.63, 3.8) is 0 Å². The lowest BCUT2D eigenvalue weighted by Gasteiger charge is -2.19. The number of carbonyl (C=O) groups excluding carboxylic acids is 2. The van der Waals surface area contributed by atoms with Gasteiger partial charge in [-0.05, 0) is 58.0 Å². The molecule has 4 aromatic rings. The standard InChI is InChI=1S/2C15H16O2S.Al/c2*1-2-6-13(15(16)17)14-12(9-10-18-14)11-7-4-3-5-8-11;/h2*3-5,7-10,13H,2,6H2,1H3,(H,16,17);/q;;+2/p-2. The molecule has 0 amide bonds. The summed E-state index contributed by atoms with van der Waals surface area (Å²) in [5.74, 6) is -1.39. The van der Waals surface area contributed by atoms with Crippen molar-refractivity contribution < 1.29 is 17.2 Å². The highest BCUT2D eigenvalue weighted by Gasteiger charge is 2.30. The van der Waals surface area contributed by atoms with Crippen molar-refractivity contribution in [2.24, 2.45) is 0 Å². The Morgan fingerprint density at radius 2 is 1.08 bits per heavy atom. The van der Waals surface area contributed by atoms with Crippen molar-refractivity contribution >= 4 is 50.5 Å². The number of rotatable bonds is 12. The number of thiophene rings is 2. The van der Waals surface area contributed by atoms with Gasteiger partial charge in [0.05, 0.1) is 11.8 Å². The number of carbonyl (C=O) groups is 2. The molecule has 1 radical (unpaired) electrons. The minimum absolute atomic E-state index is 0.322. The Morgan fingerprint density at radius 3 is 1.46 bits per heavy atom. The molecule has 2 unspecified atom stereocenters. The van der Waals surface area contributed by atoms with Gasteiger partial charge < -0.3 is 7.58 Å². The van der Waals surface area contributed by atoms with Gasteiger partial charge in [-0.2, -0.15) is 0 Å². The summed E-state index contributed by atoms with van der Waals surface area (Å²) in [7, 11) is 0. The van der Waals surface area contributed by atoms with Crippen molar-refractivity contribution in [3.8, 4) is 22.3 Å². The van der Waals surface area contributed by atoms with Gasteiger partial charge in [0.15, 0.2) is 0 Å². The molecule has 0 aliphatic carbocycles. The average molecular weight is 546 g/mol. The lowest BCUT2D eigenvalue weighted by atomic mass is 9.96. The molecule has 0 aliphatic heterocycles. The molecule has 0 saturated carbocycles. The molecule has 0 fully saturated rings. The van der Waals surface area contributed by atoms with Gasteiger partial charge in [0.25, 0.3) is 11.9 Å². The zero-order valence-corrected chi connectivity index (χ0v) is 23.9. The van der Waals surface area contributed by atoms with Gasteiger partial charge in [-0.3, -0.25) is 9.59 Å². The van der Waals surface area contributed by atoms with E-state index >= 15 is 0 Å². The Balaban J connectivity index is 1.43. The molecule has 0 saturated heterocycles. The minimum Gasteiger partial charge on any atom is -0.589 e. The lowest BCUT2D eigenvalue weighted by Crippen LogP contribution is -2.24. The van der Waals surface area contributed by atoms with E-state index in [-0.39, 0.29) is 23.8 Å². The van der Waals surface area contributed by atoms with Crippen LogP contribution in [0.25, 0.3) is 22.3 Å². The van der Waals surface area contributed by atoms with E-state index in [0.29, 0.717) is 12.8 Å². The molecule has 37 heavy (non-hydrogen) atoms. The zero-order chi connectivity index (χ0) is 26.0. The third kappa shape index (κ3) is 6.80. The van der Waals surface area contributed by atoms with Gasteiger partial charge in [0.1, 0.15) is 0 Å². The smallest absolute Gasteiger partial charge is 0.589 e. The first-order valence-electron chi connectivity index (χ1n) is 12.6. The Kier molecular flexibility index (Phi) is 10.2. The topological polar surface area (TPSA) is 52.6 Å². The maximum absolute atomic E-state index is 13.2. The van der Waals surface area contributed by atoms with Crippen LogP contribution in [0.5, 0.6) is 0 Å². The van der Waals surface area contributed by atoms with Crippen molar-refractivity contribution in [2.75, 3.05) is 0 Å². The molecule has 0 N–H and O–H groups in total. The predicted molar refractivity (Wildman–Crippen MR) is 153 cm³/mol. The molecular weight excluding hydrogens is 515 g/mol. The highest BCUT2D eigenvalue weighted by molar-refractivity contribution is 7.11. The maximum atomic E-state index is 13.2. The highest BCUT2D eigenvalue weighted by Crippen LogP contribution is 2.38. The van der Waals surface area contributed by atoms with Crippen LogP contribution in [-0.4, -0.2) is 27.8 Å². The predicted octanol–water partition coefficient (Wildman–Crippen LogP) is 8.23. The molecule has 2 atom stereocenters. The highest BCUT2D eigenvalue weighted by atomic mass is 32.1. The van der Waals surface area contributed by atoms with Crippen LogP contribution >= 0.6 is 22.7 Å². The van der Waals surface area contributed by atoms with E-state index in [9.17, 15) is 9.59 Å². The summed E-state index contributed by atoms with van der Waals surface area (Å²) < 4.78 is 11.2. The van der Waals surface area contributed by atoms with E-state index in [1.807, 2.05) is 47.2 Å². The van der Waals surface area contributed by atoms with E-state index in [4.69, 9.17) is 7.58 Å². The maximum Gasteiger partial charge on any atom is 0.885 e. The van der Waals surface area contributed by atoms with Crippen LogP contribution in [0.3, 0.4) is 0 Å². The van der Waals surface area contributed by atoms with E-state index in [0.717, 1.165) is 44.8 Å². The monoisotopic (exact) mass is 545 g/mol. The average Bonchev–Trinajstić information content (AvgIpc) is 3.61. The van der Waals surface area contributed by atoms with Crippen LogP contribution < -0.4 is 0 Å². The summed E-state index contributed by atoms with van der Waals surface area (Å²) in [5.41, 5.74) is 4.28. The van der Waals surface area contributed by atoms with E-state index in [1.165, 1.54) is 0 Å². The van der Waals surface area contributed by atoms with Crippen molar-refractivity contribution in [2.45, 2.75) is 51.4 Å². The summed E-state index contributed by atoms with van der Waals surface area (Å²) in [5, 5.41) is 4.03. The van der Waals surface area contributed by atoms with Crippen LogP contribution in [0, 0.1) is 0 Å². The summed E-state index contributed by atoms with van der Waals surface area (Å²) in [4.78, 5) is 28.3. The second-order valence-electron chi connectivity index (χ2n) is 8.78. The Bertz CT molecular complexity index is 1180. The summed E-state index contributed by atoms with van der Waals surface area (Å²) in [6, 6.07) is 24.3. The first-order chi connectivity index (χ1) is 18.1. The SMILES string of the molecule is CCCC(C(=O)[O][Al][O]C(=O)C(CCC)c1sccc1-c1ccccc1)c1sccc1-c1ccccc1. The van der Waals surface area contributed by atoms with E-state index in [1.54, 1.807) is 22.7 Å². The van der Waals surface area contributed by atoms with Gasteiger partial charge in [-0.25, -0.2) is 0 Å². The van der Waals surface area contributed by atoms with Gasteiger partial charge in [0.2, 0.25) is 0 Å². The number of hydrogen-bond acceptors (Lipinski definition) is 6. The second-order valence-corrected chi connectivity index (χ2v) is 11.3. The summed E-state index contributed by atoms with van der Waals surface area (Å²) in [6.07, 6.45) is 3.06. The first kappa shape index (κ1) is 27.4. The summed E-state index contributed by atoms with van der Waals surface area (Å²) >= 11 is 1.90. The quantitative estimate of drug-likeness (QED) is 0.168. The fourth-order valence-corrected chi connectivity index (χ4v) is 7.12. The number of benzene rings is 2. The zero-order valence-electron chi connectivity index (χ0n) is 21.1. The van der Waals surface area contributed by atoms with E-state index < -0.39 is 15.9 Å². The number of hydrogen-bond donors (Lipinski definition) is 0. The fourth-order valence-electron chi connectivity index (χ4n) is 4.47.